The van der Waals surface area contributed by atoms with Crippen LogP contribution in [0, 0.1) is 5.82 Å². The summed E-state index contributed by atoms with van der Waals surface area (Å²) >= 11 is 0. The van der Waals surface area contributed by atoms with Crippen molar-refractivity contribution in [3.8, 4) is 0 Å². The number of fused-ring (bicyclic) bond motifs is 1. The smallest absolute Gasteiger partial charge is 0.379 e. The lowest BCUT2D eigenvalue weighted by atomic mass is 10.0. The number of hydrogen-bond donors (Lipinski definition) is 1. The van der Waals surface area contributed by atoms with E-state index >= 15 is 0 Å². The van der Waals surface area contributed by atoms with Gasteiger partial charge in [-0.3, -0.25) is 4.90 Å². The van der Waals surface area contributed by atoms with Crippen LogP contribution in [-0.2, 0) is 10.9 Å². The van der Waals surface area contributed by atoms with Gasteiger partial charge >= 0.3 is 6.18 Å². The summed E-state index contributed by atoms with van der Waals surface area (Å²) < 4.78 is 58.6. The fourth-order valence-electron chi connectivity index (χ4n) is 3.29. The Morgan fingerprint density at radius 1 is 1.03 bits per heavy atom. The first-order valence-corrected chi connectivity index (χ1v) is 9.02. The molecule has 2 aromatic heterocycles. The molecule has 29 heavy (non-hydrogen) atoms. The van der Waals surface area contributed by atoms with Crippen LogP contribution in [0.2, 0.25) is 0 Å². The van der Waals surface area contributed by atoms with E-state index in [1.807, 2.05) is 0 Å². The molecule has 1 unspecified atom stereocenters. The molecule has 1 N–H and O–H groups in total. The molecule has 3 aromatic rings. The number of anilines is 1. The summed E-state index contributed by atoms with van der Waals surface area (Å²) in [5, 5.41) is 13.7. The molecular formula is C18H18F4N6O. The normalized spacial score (nSPS) is 16.8. The molecule has 1 aromatic carbocycles. The number of hydrogen-bond acceptors (Lipinski definition) is 6. The van der Waals surface area contributed by atoms with Crippen LogP contribution in [-0.4, -0.2) is 57.6 Å². The third-order valence-electron chi connectivity index (χ3n) is 4.73. The van der Waals surface area contributed by atoms with E-state index in [-0.39, 0.29) is 23.3 Å². The first-order chi connectivity index (χ1) is 13.9. The fraction of sp³-hybridized carbons (Fsp3) is 0.389. The van der Waals surface area contributed by atoms with E-state index in [0.717, 1.165) is 5.56 Å². The summed E-state index contributed by atoms with van der Waals surface area (Å²) in [5.74, 6) is -1.26. The molecule has 1 saturated heterocycles. The summed E-state index contributed by atoms with van der Waals surface area (Å²) in [6.45, 7) is 2.92. The highest BCUT2D eigenvalue weighted by Gasteiger charge is 2.37. The number of alkyl halides is 3. The number of aromatic nitrogens is 4. The Bertz CT molecular complexity index is 969. The van der Waals surface area contributed by atoms with Crippen LogP contribution in [0.1, 0.15) is 17.4 Å². The van der Waals surface area contributed by atoms with E-state index < -0.39 is 12.0 Å². The van der Waals surface area contributed by atoms with Crippen molar-refractivity contribution in [1.29, 1.82) is 0 Å². The van der Waals surface area contributed by atoms with Gasteiger partial charge in [0.25, 0.3) is 5.82 Å². The van der Waals surface area contributed by atoms with Gasteiger partial charge in [-0.15, -0.1) is 15.3 Å². The lowest BCUT2D eigenvalue weighted by Crippen LogP contribution is -2.41. The van der Waals surface area contributed by atoms with Crippen LogP contribution in [0.25, 0.3) is 5.65 Å². The maximum atomic E-state index is 13.3. The van der Waals surface area contributed by atoms with Crippen molar-refractivity contribution in [3.05, 3.63) is 53.6 Å². The summed E-state index contributed by atoms with van der Waals surface area (Å²) in [6, 6.07) is 9.02. The second-order valence-electron chi connectivity index (χ2n) is 6.61. The van der Waals surface area contributed by atoms with Gasteiger partial charge in [0.1, 0.15) is 11.6 Å². The number of morpholine rings is 1. The standard InChI is InChI=1S/C18H18F4N6O/c19-13-3-1-12(2-4-13)14(27-7-9-29-10-8-27)11-23-15-5-6-16-24-25-17(18(20,21)22)28(16)26-15/h1-6,14H,7-11H2,(H,23,26). The molecule has 7 nitrogen and oxygen atoms in total. The molecule has 0 radical (unpaired) electrons. The highest BCUT2D eigenvalue weighted by molar-refractivity contribution is 5.44. The van der Waals surface area contributed by atoms with Gasteiger partial charge < -0.3 is 10.1 Å². The van der Waals surface area contributed by atoms with Crippen LogP contribution in [0.4, 0.5) is 23.4 Å². The van der Waals surface area contributed by atoms with Gasteiger partial charge in [-0.1, -0.05) is 12.1 Å². The molecule has 4 rings (SSSR count). The lowest BCUT2D eigenvalue weighted by Gasteiger charge is -2.35. The monoisotopic (exact) mass is 410 g/mol. The zero-order chi connectivity index (χ0) is 20.4. The van der Waals surface area contributed by atoms with Gasteiger partial charge in [0.2, 0.25) is 0 Å². The van der Waals surface area contributed by atoms with Crippen LogP contribution in [0.5, 0.6) is 0 Å². The Kier molecular flexibility index (Phi) is 5.33. The maximum Gasteiger partial charge on any atom is 0.453 e. The first kappa shape index (κ1) is 19.5. The van der Waals surface area contributed by atoms with E-state index in [1.54, 1.807) is 18.2 Å². The minimum absolute atomic E-state index is 0.00568. The molecule has 0 aliphatic carbocycles. The fourth-order valence-corrected chi connectivity index (χ4v) is 3.29. The molecule has 1 atom stereocenters. The van der Waals surface area contributed by atoms with E-state index in [9.17, 15) is 17.6 Å². The topological polar surface area (TPSA) is 67.6 Å². The minimum atomic E-state index is -4.66. The quantitative estimate of drug-likeness (QED) is 0.653. The average molecular weight is 410 g/mol. The Labute approximate surface area is 163 Å². The van der Waals surface area contributed by atoms with E-state index in [1.165, 1.54) is 18.2 Å². The zero-order valence-electron chi connectivity index (χ0n) is 15.2. The highest BCUT2D eigenvalue weighted by Crippen LogP contribution is 2.28. The summed E-state index contributed by atoms with van der Waals surface area (Å²) in [6.07, 6.45) is -4.66. The van der Waals surface area contributed by atoms with Crippen molar-refractivity contribution < 1.29 is 22.3 Å². The first-order valence-electron chi connectivity index (χ1n) is 9.02. The Morgan fingerprint density at radius 2 is 1.76 bits per heavy atom. The van der Waals surface area contributed by atoms with Gasteiger partial charge in [0.05, 0.1) is 19.3 Å². The molecule has 0 bridgehead atoms. The minimum Gasteiger partial charge on any atom is -0.379 e. The maximum absolute atomic E-state index is 13.3. The number of nitrogens with one attached hydrogen (secondary N) is 1. The van der Waals surface area contributed by atoms with Gasteiger partial charge in [-0.05, 0) is 29.8 Å². The second-order valence-corrected chi connectivity index (χ2v) is 6.61. The Morgan fingerprint density at radius 3 is 2.45 bits per heavy atom. The molecule has 0 saturated carbocycles. The molecule has 1 aliphatic heterocycles. The largest absolute Gasteiger partial charge is 0.453 e. The van der Waals surface area contributed by atoms with E-state index in [2.05, 4.69) is 25.5 Å². The SMILES string of the molecule is Fc1ccc(C(CNc2ccc3nnc(C(F)(F)F)n3n2)N2CCOCC2)cc1. The number of halogens is 4. The number of ether oxygens (including phenoxy) is 1. The van der Waals surface area contributed by atoms with Crippen LogP contribution in [0.15, 0.2) is 36.4 Å². The molecule has 11 heteroatoms. The van der Waals surface area contributed by atoms with E-state index in [4.69, 9.17) is 4.74 Å². The molecular weight excluding hydrogens is 392 g/mol. The molecule has 3 heterocycles. The molecule has 154 valence electrons. The second kappa shape index (κ2) is 7.91. The van der Waals surface area contributed by atoms with Crippen molar-refractivity contribution in [2.75, 3.05) is 38.2 Å². The van der Waals surface area contributed by atoms with Crippen molar-refractivity contribution in [1.82, 2.24) is 24.7 Å². The Balaban J connectivity index is 1.57. The molecule has 1 fully saturated rings. The third kappa shape index (κ3) is 4.30. The van der Waals surface area contributed by atoms with Gasteiger partial charge in [0, 0.05) is 19.6 Å². The Hall–Kier alpha value is -2.79. The lowest BCUT2D eigenvalue weighted by molar-refractivity contribution is -0.146. The van der Waals surface area contributed by atoms with Gasteiger partial charge in [0.15, 0.2) is 5.65 Å². The van der Waals surface area contributed by atoms with Crippen LogP contribution >= 0.6 is 0 Å². The van der Waals surface area contributed by atoms with Crippen molar-refractivity contribution in [2.45, 2.75) is 12.2 Å². The average Bonchev–Trinajstić information content (AvgIpc) is 3.14. The number of rotatable bonds is 5. The zero-order valence-corrected chi connectivity index (χ0v) is 15.2. The number of benzene rings is 1. The van der Waals surface area contributed by atoms with Crippen molar-refractivity contribution in [3.63, 3.8) is 0 Å². The van der Waals surface area contributed by atoms with Gasteiger partial charge in [-0.2, -0.15) is 17.7 Å². The predicted octanol–water partition coefficient (Wildman–Crippen LogP) is 2.77. The van der Waals surface area contributed by atoms with E-state index in [0.29, 0.717) is 37.4 Å². The molecule has 0 spiro atoms. The van der Waals surface area contributed by atoms with Crippen molar-refractivity contribution >= 4 is 11.5 Å². The summed E-state index contributed by atoms with van der Waals surface area (Å²) in [5.41, 5.74) is 0.897. The highest BCUT2D eigenvalue weighted by atomic mass is 19.4. The van der Waals surface area contributed by atoms with Crippen LogP contribution < -0.4 is 5.32 Å². The van der Waals surface area contributed by atoms with Gasteiger partial charge in [-0.25, -0.2) is 4.39 Å². The third-order valence-corrected chi connectivity index (χ3v) is 4.73. The van der Waals surface area contributed by atoms with Crippen LogP contribution in [0.3, 0.4) is 0 Å². The summed E-state index contributed by atoms with van der Waals surface area (Å²) in [7, 11) is 0. The van der Waals surface area contributed by atoms with Crippen molar-refractivity contribution in [2.24, 2.45) is 0 Å². The number of nitrogens with zero attached hydrogens (tertiary/aromatic N) is 5. The predicted molar refractivity (Wildman–Crippen MR) is 95.8 cm³/mol. The summed E-state index contributed by atoms with van der Waals surface area (Å²) in [4.78, 5) is 2.18. The molecule has 0 amide bonds. The molecule has 1 aliphatic rings.